The molecule has 170 valence electrons. The van der Waals surface area contributed by atoms with Crippen LogP contribution in [0.1, 0.15) is 23.7 Å². The lowest BCUT2D eigenvalue weighted by atomic mass is 9.91. The van der Waals surface area contributed by atoms with Gasteiger partial charge in [-0.3, -0.25) is 9.36 Å². The van der Waals surface area contributed by atoms with Crippen LogP contribution >= 0.6 is 0 Å². The van der Waals surface area contributed by atoms with E-state index in [-0.39, 0.29) is 0 Å². The van der Waals surface area contributed by atoms with Crippen LogP contribution in [0.15, 0.2) is 42.7 Å². The molecule has 3 heterocycles. The summed E-state index contributed by atoms with van der Waals surface area (Å²) in [6.45, 7) is 3.94. The molecule has 0 saturated heterocycles. The fourth-order valence-electron chi connectivity index (χ4n) is 4.32. The zero-order valence-corrected chi connectivity index (χ0v) is 19.7. The van der Waals surface area contributed by atoms with E-state index in [2.05, 4.69) is 65.6 Å². The van der Waals surface area contributed by atoms with Crippen molar-refractivity contribution in [2.45, 2.75) is 32.7 Å². The van der Waals surface area contributed by atoms with Crippen LogP contribution in [-0.4, -0.2) is 55.1 Å². The van der Waals surface area contributed by atoms with E-state index in [1.54, 1.807) is 0 Å². The molecule has 3 aromatic heterocycles. The van der Waals surface area contributed by atoms with Gasteiger partial charge in [0, 0.05) is 43.2 Å². The number of rotatable bonds is 7. The molecule has 4 aromatic rings. The highest BCUT2D eigenvalue weighted by molar-refractivity contribution is 5.84. The fraction of sp³-hybridized carbons (Fsp3) is 0.360. The van der Waals surface area contributed by atoms with Crippen molar-refractivity contribution < 1.29 is 0 Å². The highest BCUT2D eigenvalue weighted by atomic mass is 15.3. The fourth-order valence-corrected chi connectivity index (χ4v) is 4.32. The van der Waals surface area contributed by atoms with E-state index in [1.165, 1.54) is 5.56 Å². The standard InChI is InChI=1S/C25H30N8/c1-5-17-6-8-18(9-7-17)24-22-20(29-32(24)4)11-10-19-16-26-25(28-23(19)22)27-21-12-13-33(30-21)15-14-31(2)3/h6-9,12-13,16H,5,10-11,14-15H2,1-4H3,(H,26,27,28,30). The lowest BCUT2D eigenvalue weighted by Gasteiger charge is -2.17. The smallest absolute Gasteiger partial charge is 0.228 e. The first-order chi connectivity index (χ1) is 16.0. The van der Waals surface area contributed by atoms with Gasteiger partial charge in [0.05, 0.1) is 23.6 Å². The molecule has 0 spiro atoms. The Kier molecular flexibility index (Phi) is 5.68. The van der Waals surface area contributed by atoms with Crippen LogP contribution in [0, 0.1) is 0 Å². The topological polar surface area (TPSA) is 76.7 Å². The molecule has 1 aromatic carbocycles. The molecule has 33 heavy (non-hydrogen) atoms. The summed E-state index contributed by atoms with van der Waals surface area (Å²) in [6, 6.07) is 10.7. The number of anilines is 2. The molecule has 8 nitrogen and oxygen atoms in total. The summed E-state index contributed by atoms with van der Waals surface area (Å²) in [5, 5.41) is 12.7. The predicted molar refractivity (Wildman–Crippen MR) is 131 cm³/mol. The first kappa shape index (κ1) is 21.3. The van der Waals surface area contributed by atoms with E-state index in [9.17, 15) is 0 Å². The van der Waals surface area contributed by atoms with Crippen molar-refractivity contribution in [3.8, 4) is 22.5 Å². The molecule has 8 heteroatoms. The zero-order chi connectivity index (χ0) is 22.9. The minimum atomic E-state index is 0.551. The van der Waals surface area contributed by atoms with Gasteiger partial charge in [-0.1, -0.05) is 31.2 Å². The summed E-state index contributed by atoms with van der Waals surface area (Å²) in [4.78, 5) is 11.6. The molecule has 0 unspecified atom stereocenters. The maximum absolute atomic E-state index is 4.93. The monoisotopic (exact) mass is 442 g/mol. The van der Waals surface area contributed by atoms with Crippen molar-refractivity contribution in [3.05, 3.63) is 59.5 Å². The lowest BCUT2D eigenvalue weighted by molar-refractivity contribution is 0.373. The van der Waals surface area contributed by atoms with E-state index >= 15 is 0 Å². The second-order valence-corrected chi connectivity index (χ2v) is 8.80. The van der Waals surface area contributed by atoms with Crippen molar-refractivity contribution in [1.82, 2.24) is 34.4 Å². The van der Waals surface area contributed by atoms with Crippen LogP contribution in [0.3, 0.4) is 0 Å². The molecule has 0 atom stereocenters. The van der Waals surface area contributed by atoms with Gasteiger partial charge in [-0.05, 0) is 44.5 Å². The lowest BCUT2D eigenvalue weighted by Crippen LogP contribution is -2.18. The molecule has 0 bridgehead atoms. The Morgan fingerprint density at radius 1 is 1.06 bits per heavy atom. The summed E-state index contributed by atoms with van der Waals surface area (Å²) < 4.78 is 3.92. The molecule has 0 amide bonds. The van der Waals surface area contributed by atoms with Gasteiger partial charge >= 0.3 is 0 Å². The number of hydrogen-bond acceptors (Lipinski definition) is 6. The number of aromatic nitrogens is 6. The molecular weight excluding hydrogens is 412 g/mol. The summed E-state index contributed by atoms with van der Waals surface area (Å²) >= 11 is 0. The Morgan fingerprint density at radius 3 is 2.64 bits per heavy atom. The van der Waals surface area contributed by atoms with Gasteiger partial charge in [0.25, 0.3) is 0 Å². The number of aryl methyl sites for hydroxylation is 4. The minimum Gasteiger partial charge on any atom is -0.308 e. The highest BCUT2D eigenvalue weighted by Gasteiger charge is 2.27. The van der Waals surface area contributed by atoms with Crippen LogP contribution < -0.4 is 5.32 Å². The van der Waals surface area contributed by atoms with Crippen molar-refractivity contribution >= 4 is 11.8 Å². The second kappa shape index (κ2) is 8.78. The summed E-state index contributed by atoms with van der Waals surface area (Å²) in [5.41, 5.74) is 7.92. The molecule has 1 N–H and O–H groups in total. The van der Waals surface area contributed by atoms with Gasteiger partial charge in [-0.2, -0.15) is 10.2 Å². The quantitative estimate of drug-likeness (QED) is 0.470. The molecular formula is C25H30N8. The number of nitrogens with zero attached hydrogens (tertiary/aromatic N) is 7. The van der Waals surface area contributed by atoms with E-state index < -0.39 is 0 Å². The Labute approximate surface area is 194 Å². The van der Waals surface area contributed by atoms with Crippen molar-refractivity contribution in [2.24, 2.45) is 7.05 Å². The second-order valence-electron chi connectivity index (χ2n) is 8.80. The molecule has 0 saturated carbocycles. The Hall–Kier alpha value is -3.52. The summed E-state index contributed by atoms with van der Waals surface area (Å²) in [5.74, 6) is 1.29. The van der Waals surface area contributed by atoms with Crippen LogP contribution in [0.25, 0.3) is 22.5 Å². The van der Waals surface area contributed by atoms with Crippen LogP contribution in [0.4, 0.5) is 11.8 Å². The summed E-state index contributed by atoms with van der Waals surface area (Å²) in [7, 11) is 6.13. The van der Waals surface area contributed by atoms with Gasteiger partial charge in [0.15, 0.2) is 5.82 Å². The number of hydrogen-bond donors (Lipinski definition) is 1. The Morgan fingerprint density at radius 2 is 1.88 bits per heavy atom. The van der Waals surface area contributed by atoms with Crippen LogP contribution in [0.2, 0.25) is 0 Å². The maximum atomic E-state index is 4.93. The van der Waals surface area contributed by atoms with Gasteiger partial charge in [-0.15, -0.1) is 0 Å². The largest absolute Gasteiger partial charge is 0.308 e. The van der Waals surface area contributed by atoms with Gasteiger partial charge in [0.2, 0.25) is 5.95 Å². The van der Waals surface area contributed by atoms with Gasteiger partial charge in [0.1, 0.15) is 0 Å². The van der Waals surface area contributed by atoms with E-state index in [0.717, 1.165) is 71.9 Å². The number of nitrogens with one attached hydrogen (secondary N) is 1. The Balaban J connectivity index is 1.48. The minimum absolute atomic E-state index is 0.551. The first-order valence-electron chi connectivity index (χ1n) is 11.5. The molecule has 0 aliphatic heterocycles. The number of likely N-dealkylation sites (N-methyl/N-ethyl adjacent to an activating group) is 1. The normalized spacial score (nSPS) is 12.6. The molecule has 5 rings (SSSR count). The van der Waals surface area contributed by atoms with Crippen LogP contribution in [0.5, 0.6) is 0 Å². The molecule has 1 aliphatic rings. The van der Waals surface area contributed by atoms with Gasteiger partial charge in [-0.25, -0.2) is 9.97 Å². The first-order valence-corrected chi connectivity index (χ1v) is 11.5. The van der Waals surface area contributed by atoms with Gasteiger partial charge < -0.3 is 10.2 Å². The molecule has 1 aliphatic carbocycles. The third-order valence-corrected chi connectivity index (χ3v) is 6.14. The van der Waals surface area contributed by atoms with Crippen molar-refractivity contribution in [2.75, 3.05) is 26.0 Å². The highest BCUT2D eigenvalue weighted by Crippen LogP contribution is 2.39. The third kappa shape index (κ3) is 4.26. The molecule has 0 radical (unpaired) electrons. The van der Waals surface area contributed by atoms with Crippen molar-refractivity contribution in [1.29, 1.82) is 0 Å². The number of fused-ring (bicyclic) bond motifs is 3. The van der Waals surface area contributed by atoms with E-state index in [4.69, 9.17) is 10.1 Å². The maximum Gasteiger partial charge on any atom is 0.228 e. The van der Waals surface area contributed by atoms with Crippen molar-refractivity contribution in [3.63, 3.8) is 0 Å². The van der Waals surface area contributed by atoms with E-state index in [0.29, 0.717) is 5.95 Å². The average molecular weight is 443 g/mol. The Bertz CT molecular complexity index is 1270. The summed E-state index contributed by atoms with van der Waals surface area (Å²) in [6.07, 6.45) is 6.73. The number of benzene rings is 1. The third-order valence-electron chi connectivity index (χ3n) is 6.14. The predicted octanol–water partition coefficient (Wildman–Crippen LogP) is 3.71. The van der Waals surface area contributed by atoms with E-state index in [1.807, 2.05) is 34.9 Å². The molecule has 0 fully saturated rings. The zero-order valence-electron chi connectivity index (χ0n) is 19.7. The SMILES string of the molecule is CCc1ccc(-c2c3c(nn2C)CCc2cnc(Nc4ccn(CCN(C)C)n4)nc2-3)cc1. The van der Waals surface area contributed by atoms with Crippen LogP contribution in [-0.2, 0) is 32.9 Å². The average Bonchev–Trinajstić information content (AvgIpc) is 3.41.